The van der Waals surface area contributed by atoms with Gasteiger partial charge in [0.15, 0.2) is 6.73 Å². The first-order chi connectivity index (χ1) is 15.3. The molecule has 0 atom stereocenters. The largest absolute Gasteiger partial charge is 0.440 e. The van der Waals surface area contributed by atoms with E-state index in [1.807, 2.05) is 0 Å². The average Bonchev–Trinajstić information content (AvgIpc) is 3.02. The molecule has 2 amide bonds. The lowest BCUT2D eigenvalue weighted by Crippen LogP contribution is -2.33. The number of fused-ring (bicyclic) bond motifs is 1. The van der Waals surface area contributed by atoms with Gasteiger partial charge >= 0.3 is 5.97 Å². The first-order valence-electron chi connectivity index (χ1n) is 9.28. The van der Waals surface area contributed by atoms with Crippen LogP contribution in [0.5, 0.6) is 0 Å². The minimum atomic E-state index is -4.11. The van der Waals surface area contributed by atoms with Gasteiger partial charge in [0.05, 0.1) is 27.3 Å². The fourth-order valence-electron chi connectivity index (χ4n) is 3.12. The monoisotopic (exact) mass is 454 g/mol. The Morgan fingerprint density at radius 1 is 0.875 bits per heavy atom. The van der Waals surface area contributed by atoms with Crippen LogP contribution in [0.3, 0.4) is 0 Å². The number of halogens is 1. The van der Waals surface area contributed by atoms with Crippen molar-refractivity contribution in [3.8, 4) is 0 Å². The summed E-state index contributed by atoms with van der Waals surface area (Å²) in [5, 5.41) is 0. The van der Waals surface area contributed by atoms with Crippen molar-refractivity contribution in [1.29, 1.82) is 0 Å². The second-order valence-corrected chi connectivity index (χ2v) is 8.43. The average molecular weight is 454 g/mol. The van der Waals surface area contributed by atoms with Gasteiger partial charge in [0.1, 0.15) is 5.82 Å². The van der Waals surface area contributed by atoms with Gasteiger partial charge in [-0.3, -0.25) is 14.3 Å². The van der Waals surface area contributed by atoms with Gasteiger partial charge in [0, 0.05) is 0 Å². The Labute approximate surface area is 182 Å². The Kier molecular flexibility index (Phi) is 5.45. The highest BCUT2D eigenvalue weighted by Gasteiger charge is 2.36. The smallest absolute Gasteiger partial charge is 0.342 e. The molecule has 162 valence electrons. The van der Waals surface area contributed by atoms with E-state index in [0.717, 1.165) is 29.2 Å². The van der Waals surface area contributed by atoms with E-state index in [1.165, 1.54) is 36.4 Å². The molecule has 0 saturated heterocycles. The van der Waals surface area contributed by atoms with Crippen LogP contribution in [0.1, 0.15) is 31.1 Å². The molecule has 0 spiro atoms. The number of esters is 1. The van der Waals surface area contributed by atoms with Crippen molar-refractivity contribution in [3.63, 3.8) is 0 Å². The lowest BCUT2D eigenvalue weighted by Gasteiger charge is -2.16. The second-order valence-electron chi connectivity index (χ2n) is 6.75. The van der Waals surface area contributed by atoms with Crippen molar-refractivity contribution >= 4 is 33.5 Å². The van der Waals surface area contributed by atoms with Crippen molar-refractivity contribution < 1.29 is 31.9 Å². The fourth-order valence-corrected chi connectivity index (χ4v) is 4.20. The van der Waals surface area contributed by atoms with E-state index in [0.29, 0.717) is 0 Å². The highest BCUT2D eigenvalue weighted by atomic mass is 32.2. The minimum absolute atomic E-state index is 0.0795. The van der Waals surface area contributed by atoms with Gasteiger partial charge < -0.3 is 4.74 Å². The van der Waals surface area contributed by atoms with Crippen LogP contribution < -0.4 is 4.72 Å². The number of rotatable bonds is 6. The van der Waals surface area contributed by atoms with Gasteiger partial charge in [0.25, 0.3) is 21.8 Å². The quantitative estimate of drug-likeness (QED) is 0.453. The lowest BCUT2D eigenvalue weighted by atomic mass is 10.1. The van der Waals surface area contributed by atoms with E-state index in [1.54, 1.807) is 12.1 Å². The molecule has 0 aliphatic carbocycles. The first-order valence-corrected chi connectivity index (χ1v) is 10.8. The number of amides is 2. The maximum Gasteiger partial charge on any atom is 0.342 e. The number of para-hydroxylation sites is 1. The van der Waals surface area contributed by atoms with Crippen LogP contribution in [0, 0.1) is 5.82 Å². The number of nitrogens with zero attached hydrogens (tertiary/aromatic N) is 1. The van der Waals surface area contributed by atoms with Crippen LogP contribution in [0.25, 0.3) is 0 Å². The summed E-state index contributed by atoms with van der Waals surface area (Å²) in [6.07, 6.45) is 0. The van der Waals surface area contributed by atoms with E-state index in [9.17, 15) is 27.2 Å². The Morgan fingerprint density at radius 2 is 1.44 bits per heavy atom. The number of sulfonamides is 1. The molecule has 0 saturated carbocycles. The zero-order valence-electron chi connectivity index (χ0n) is 16.3. The van der Waals surface area contributed by atoms with E-state index in [4.69, 9.17) is 4.74 Å². The number of benzene rings is 3. The zero-order valence-corrected chi connectivity index (χ0v) is 17.1. The molecule has 10 heteroatoms. The summed E-state index contributed by atoms with van der Waals surface area (Å²) in [4.78, 5) is 38.0. The molecule has 0 fully saturated rings. The van der Waals surface area contributed by atoms with E-state index in [2.05, 4.69) is 4.72 Å². The van der Waals surface area contributed by atoms with Crippen molar-refractivity contribution in [1.82, 2.24) is 4.90 Å². The van der Waals surface area contributed by atoms with Crippen LogP contribution in [-0.2, 0) is 14.8 Å². The van der Waals surface area contributed by atoms with Crippen molar-refractivity contribution in [2.45, 2.75) is 4.90 Å². The number of hydrogen-bond acceptors (Lipinski definition) is 6. The normalized spacial score (nSPS) is 13.1. The molecule has 1 aliphatic heterocycles. The number of ether oxygens (including phenoxy) is 1. The van der Waals surface area contributed by atoms with Gasteiger partial charge in [0.2, 0.25) is 0 Å². The fraction of sp³-hybridized carbons (Fsp3) is 0.0455. The molecule has 0 bridgehead atoms. The van der Waals surface area contributed by atoms with Gasteiger partial charge in [-0.25, -0.2) is 22.5 Å². The minimum Gasteiger partial charge on any atom is -0.440 e. The molecule has 1 aliphatic rings. The van der Waals surface area contributed by atoms with Crippen LogP contribution >= 0.6 is 0 Å². The van der Waals surface area contributed by atoms with E-state index in [-0.39, 0.29) is 27.3 Å². The molecule has 4 rings (SSSR count). The van der Waals surface area contributed by atoms with Gasteiger partial charge in [-0.05, 0) is 48.5 Å². The Bertz CT molecular complexity index is 1300. The summed E-state index contributed by atoms with van der Waals surface area (Å²) in [5.41, 5.74) is 0.209. The summed E-state index contributed by atoms with van der Waals surface area (Å²) in [5.74, 6) is -2.73. The predicted molar refractivity (Wildman–Crippen MR) is 111 cm³/mol. The van der Waals surface area contributed by atoms with E-state index < -0.39 is 40.4 Å². The lowest BCUT2D eigenvalue weighted by molar-refractivity contribution is 0.0229. The molecule has 1 heterocycles. The number of carbonyl (C=O) groups excluding carboxylic acids is 3. The standard InChI is InChI=1S/C22H15FN2O6S/c23-14-9-11-15(12-10-14)32(29,30)24-19-8-4-3-7-18(19)22(28)31-13-25-20(26)16-5-1-2-6-17(16)21(25)27/h1-12,24H,13H2. The topological polar surface area (TPSA) is 110 Å². The molecule has 0 aromatic heterocycles. The summed E-state index contributed by atoms with van der Waals surface area (Å²) < 4.78 is 45.7. The summed E-state index contributed by atoms with van der Waals surface area (Å²) >= 11 is 0. The summed E-state index contributed by atoms with van der Waals surface area (Å²) in [6, 6.07) is 16.1. The third-order valence-corrected chi connectivity index (χ3v) is 6.10. The van der Waals surface area contributed by atoms with Gasteiger partial charge in [-0.15, -0.1) is 0 Å². The number of hydrogen-bond donors (Lipinski definition) is 1. The number of carbonyl (C=O) groups is 3. The molecule has 32 heavy (non-hydrogen) atoms. The predicted octanol–water partition coefficient (Wildman–Crippen LogP) is 3.04. The first kappa shape index (κ1) is 21.2. The third-order valence-electron chi connectivity index (χ3n) is 4.72. The van der Waals surface area contributed by atoms with Crippen LogP contribution in [0.4, 0.5) is 10.1 Å². The third kappa shape index (κ3) is 3.95. The van der Waals surface area contributed by atoms with Gasteiger partial charge in [-0.1, -0.05) is 24.3 Å². The molecule has 3 aromatic rings. The Balaban J connectivity index is 1.51. The highest BCUT2D eigenvalue weighted by Crippen LogP contribution is 2.24. The SMILES string of the molecule is O=C(OCN1C(=O)c2ccccc2C1=O)c1ccccc1NS(=O)(=O)c1ccc(F)cc1. The van der Waals surface area contributed by atoms with Gasteiger partial charge in [-0.2, -0.15) is 0 Å². The van der Waals surface area contributed by atoms with Crippen LogP contribution in [-0.4, -0.2) is 37.8 Å². The summed E-state index contributed by atoms with van der Waals surface area (Å²) in [6.45, 7) is -0.635. The molecule has 0 radical (unpaired) electrons. The number of anilines is 1. The maximum absolute atomic E-state index is 13.1. The number of nitrogens with one attached hydrogen (secondary N) is 1. The maximum atomic E-state index is 13.1. The van der Waals surface area contributed by atoms with Crippen molar-refractivity contribution in [2.75, 3.05) is 11.5 Å². The molecular weight excluding hydrogens is 439 g/mol. The molecule has 8 nitrogen and oxygen atoms in total. The van der Waals surface area contributed by atoms with Crippen molar-refractivity contribution in [3.05, 3.63) is 95.3 Å². The second kappa shape index (κ2) is 8.23. The van der Waals surface area contributed by atoms with Crippen LogP contribution in [0.2, 0.25) is 0 Å². The zero-order chi connectivity index (χ0) is 22.9. The summed E-state index contributed by atoms with van der Waals surface area (Å²) in [7, 11) is -4.11. The Morgan fingerprint density at radius 3 is 2.06 bits per heavy atom. The molecule has 3 aromatic carbocycles. The molecule has 1 N–H and O–H groups in total. The van der Waals surface area contributed by atoms with E-state index >= 15 is 0 Å². The number of imide groups is 1. The van der Waals surface area contributed by atoms with Crippen molar-refractivity contribution in [2.24, 2.45) is 0 Å². The van der Waals surface area contributed by atoms with Crippen LogP contribution in [0.15, 0.2) is 77.7 Å². The Hall–Kier alpha value is -4.05. The highest BCUT2D eigenvalue weighted by molar-refractivity contribution is 7.92. The molecular formula is C22H15FN2O6S. The molecule has 0 unspecified atom stereocenters.